The summed E-state index contributed by atoms with van der Waals surface area (Å²) in [5.74, 6) is 1.83. The third-order valence-corrected chi connectivity index (χ3v) is 12.8. The minimum atomic E-state index is 0.589. The Labute approximate surface area is 358 Å². The Morgan fingerprint density at radius 3 is 1.64 bits per heavy atom. The lowest BCUT2D eigenvalue weighted by Crippen LogP contribution is -2.55. The van der Waals surface area contributed by atoms with Crippen molar-refractivity contribution in [3.63, 3.8) is 0 Å². The lowest BCUT2D eigenvalue weighted by atomic mass is 9.59. The number of furan rings is 1. The highest BCUT2D eigenvalue weighted by Gasteiger charge is 2.19. The summed E-state index contributed by atoms with van der Waals surface area (Å²) in [6.07, 6.45) is 0. The van der Waals surface area contributed by atoms with Crippen molar-refractivity contribution in [2.45, 2.75) is 0 Å². The molecule has 0 saturated carbocycles. The van der Waals surface area contributed by atoms with Crippen molar-refractivity contribution >= 4 is 110 Å². The van der Waals surface area contributed by atoms with Gasteiger partial charge in [0.25, 0.3) is 0 Å². The number of aromatic nitrogens is 4. The first-order valence-electron chi connectivity index (χ1n) is 20.9. The molecule has 11 rings (SSSR count). The monoisotopic (exact) mass is 776 g/mol. The Kier molecular flexibility index (Phi) is 8.71. The van der Waals surface area contributed by atoms with Gasteiger partial charge in [-0.1, -0.05) is 126 Å². The molecule has 0 unspecified atom stereocenters. The Bertz CT molecular complexity index is 3520. The SMILES string of the molecule is Bc1c(B)c(B)c(-c2cccc(-c3nc(-c4ccccc4)nc(-c4ccc5c(c4)oc4ccc(-n6c7ccccc7c7ccc(-c8ccccc8)cc76)cc45)n3)c2)c(B)c1B. The van der Waals surface area contributed by atoms with E-state index in [9.17, 15) is 0 Å². The third kappa shape index (κ3) is 6.12. The standard InChI is InChI=1S/C51H37B5N4O/c52-44-43(45(53)47(55)48(56)46(44)54)31-14-9-15-32(24-31)50-57-49(29-12-5-2-6-13-29)58-51(59-50)33-19-22-37-38-27-34(20-23-41(38)61-42(37)26-33)60-39-17-8-7-16-35(39)36-21-18-30(25-40(36)60)28-10-3-1-4-11-28/h1-27H,52-56H2. The Morgan fingerprint density at radius 2 is 0.902 bits per heavy atom. The number of hydrogen-bond acceptors (Lipinski definition) is 4. The number of benzene rings is 8. The van der Waals surface area contributed by atoms with Crippen LogP contribution in [0.5, 0.6) is 0 Å². The fourth-order valence-corrected chi connectivity index (χ4v) is 9.20. The van der Waals surface area contributed by atoms with Crippen LogP contribution in [0, 0.1) is 0 Å². The minimum absolute atomic E-state index is 0.589. The molecular formula is C51H37B5N4O. The summed E-state index contributed by atoms with van der Waals surface area (Å²) in [5, 5.41) is 4.53. The van der Waals surface area contributed by atoms with Gasteiger partial charge in [0.15, 0.2) is 17.5 Å². The second-order valence-electron chi connectivity index (χ2n) is 16.2. The second-order valence-corrected chi connectivity index (χ2v) is 16.2. The molecule has 61 heavy (non-hydrogen) atoms. The van der Waals surface area contributed by atoms with Crippen molar-refractivity contribution in [2.75, 3.05) is 0 Å². The highest BCUT2D eigenvalue weighted by Crippen LogP contribution is 2.38. The van der Waals surface area contributed by atoms with Gasteiger partial charge in [0.1, 0.15) is 50.4 Å². The van der Waals surface area contributed by atoms with Gasteiger partial charge in [-0.25, -0.2) is 15.0 Å². The second kappa shape index (κ2) is 14.5. The predicted molar refractivity (Wildman–Crippen MR) is 270 cm³/mol. The summed E-state index contributed by atoms with van der Waals surface area (Å²) >= 11 is 0. The van der Waals surface area contributed by atoms with E-state index in [1.165, 1.54) is 54.8 Å². The van der Waals surface area contributed by atoms with Gasteiger partial charge in [0, 0.05) is 43.9 Å². The van der Waals surface area contributed by atoms with Gasteiger partial charge in [-0.2, -0.15) is 0 Å². The van der Waals surface area contributed by atoms with Gasteiger partial charge >= 0.3 is 0 Å². The van der Waals surface area contributed by atoms with Gasteiger partial charge in [0.2, 0.25) is 0 Å². The van der Waals surface area contributed by atoms with Crippen LogP contribution in [-0.4, -0.2) is 58.8 Å². The van der Waals surface area contributed by atoms with E-state index in [-0.39, 0.29) is 0 Å². The molecule has 3 aromatic heterocycles. The molecule has 0 bridgehead atoms. The molecule has 0 radical (unpaired) electrons. The molecule has 0 N–H and O–H groups in total. The zero-order valence-corrected chi connectivity index (χ0v) is 34.8. The summed E-state index contributed by atoms with van der Waals surface area (Å²) in [5.41, 5.74) is 19.2. The van der Waals surface area contributed by atoms with Gasteiger partial charge < -0.3 is 8.98 Å². The van der Waals surface area contributed by atoms with E-state index >= 15 is 0 Å². The topological polar surface area (TPSA) is 56.7 Å². The molecule has 0 atom stereocenters. The number of rotatable bonds is 6. The fourth-order valence-electron chi connectivity index (χ4n) is 9.20. The molecule has 11 aromatic rings. The van der Waals surface area contributed by atoms with Gasteiger partial charge in [-0.3, -0.25) is 0 Å². The number of fused-ring (bicyclic) bond motifs is 6. The van der Waals surface area contributed by atoms with Crippen LogP contribution in [0.1, 0.15) is 0 Å². The summed E-state index contributed by atoms with van der Waals surface area (Å²) in [6, 6.07) is 57.6. The zero-order valence-electron chi connectivity index (χ0n) is 34.8. The molecule has 282 valence electrons. The number of para-hydroxylation sites is 1. The quantitative estimate of drug-likeness (QED) is 0.234. The van der Waals surface area contributed by atoms with Crippen LogP contribution < -0.4 is 27.3 Å². The smallest absolute Gasteiger partial charge is 0.164 e. The molecule has 10 heteroatoms. The van der Waals surface area contributed by atoms with Gasteiger partial charge in [-0.15, -0.1) is 16.4 Å². The van der Waals surface area contributed by atoms with E-state index in [0.29, 0.717) is 17.5 Å². The molecule has 0 amide bonds. The van der Waals surface area contributed by atoms with E-state index in [0.717, 1.165) is 60.9 Å². The van der Waals surface area contributed by atoms with Crippen molar-refractivity contribution in [1.29, 1.82) is 0 Å². The highest BCUT2D eigenvalue weighted by molar-refractivity contribution is 6.68. The fraction of sp³-hybridized carbons (Fsp3) is 0. The van der Waals surface area contributed by atoms with E-state index in [2.05, 4.69) is 177 Å². The molecule has 0 spiro atoms. The van der Waals surface area contributed by atoms with Crippen LogP contribution in [-0.2, 0) is 0 Å². The van der Waals surface area contributed by atoms with Crippen LogP contribution in [0.15, 0.2) is 168 Å². The van der Waals surface area contributed by atoms with Crippen LogP contribution in [0.2, 0.25) is 0 Å². The summed E-state index contributed by atoms with van der Waals surface area (Å²) in [7, 11) is 11.1. The van der Waals surface area contributed by atoms with Crippen molar-refractivity contribution in [2.24, 2.45) is 0 Å². The van der Waals surface area contributed by atoms with Gasteiger partial charge in [0.05, 0.1) is 11.0 Å². The Balaban J connectivity index is 1.03. The lowest BCUT2D eigenvalue weighted by molar-refractivity contribution is 0.669. The van der Waals surface area contributed by atoms with Crippen LogP contribution >= 0.6 is 0 Å². The first-order valence-corrected chi connectivity index (χ1v) is 20.9. The minimum Gasteiger partial charge on any atom is -0.456 e. The molecule has 0 saturated heterocycles. The van der Waals surface area contributed by atoms with Crippen molar-refractivity contribution in [3.8, 4) is 62.1 Å². The first kappa shape index (κ1) is 36.8. The predicted octanol–water partition coefficient (Wildman–Crippen LogP) is 4.50. The molecule has 0 aliphatic rings. The first-order chi connectivity index (χ1) is 29.8. The zero-order chi connectivity index (χ0) is 41.4. The number of hydrogen-bond donors (Lipinski definition) is 0. The highest BCUT2D eigenvalue weighted by atomic mass is 16.3. The summed E-state index contributed by atoms with van der Waals surface area (Å²) in [6.45, 7) is 0. The molecule has 8 aromatic carbocycles. The molecule has 0 fully saturated rings. The lowest BCUT2D eigenvalue weighted by Gasteiger charge is -2.20. The molecule has 0 aliphatic heterocycles. The van der Waals surface area contributed by atoms with E-state index in [1.54, 1.807) is 0 Å². The summed E-state index contributed by atoms with van der Waals surface area (Å²) < 4.78 is 8.98. The maximum Gasteiger partial charge on any atom is 0.164 e. The van der Waals surface area contributed by atoms with Crippen LogP contribution in [0.3, 0.4) is 0 Å². The normalized spacial score (nSPS) is 11.6. The van der Waals surface area contributed by atoms with Crippen LogP contribution in [0.4, 0.5) is 0 Å². The maximum atomic E-state index is 6.60. The van der Waals surface area contributed by atoms with Gasteiger partial charge in [-0.05, 0) is 70.8 Å². The Morgan fingerprint density at radius 1 is 0.344 bits per heavy atom. The Hall–Kier alpha value is -7.31. The molecule has 0 aliphatic carbocycles. The largest absolute Gasteiger partial charge is 0.456 e. The van der Waals surface area contributed by atoms with E-state index < -0.39 is 0 Å². The average Bonchev–Trinajstić information content (AvgIpc) is 3.85. The van der Waals surface area contributed by atoms with Crippen molar-refractivity contribution in [1.82, 2.24) is 19.5 Å². The molecular weight excluding hydrogens is 739 g/mol. The average molecular weight is 776 g/mol. The van der Waals surface area contributed by atoms with Crippen molar-refractivity contribution < 1.29 is 4.42 Å². The maximum absolute atomic E-state index is 6.60. The number of nitrogens with zero attached hydrogens (tertiary/aromatic N) is 4. The third-order valence-electron chi connectivity index (χ3n) is 12.8. The summed E-state index contributed by atoms with van der Waals surface area (Å²) in [4.78, 5) is 15.3. The van der Waals surface area contributed by atoms with E-state index in [1.807, 2.05) is 30.3 Å². The van der Waals surface area contributed by atoms with E-state index in [4.69, 9.17) is 19.4 Å². The molecule has 3 heterocycles. The van der Waals surface area contributed by atoms with Crippen LogP contribution in [0.25, 0.3) is 106 Å². The van der Waals surface area contributed by atoms with Crippen molar-refractivity contribution in [3.05, 3.63) is 164 Å². The molecule has 5 nitrogen and oxygen atoms in total.